The molecule has 3 aromatic rings. The molecule has 0 bridgehead atoms. The Morgan fingerprint density at radius 1 is 1.39 bits per heavy atom. The SMILES string of the molecule is Cc1cc(NC(=O)c2noc3c2CC(C(C)(C)C)CC3)nn1Cc1c(F)cccc1Cl. The monoisotopic (exact) mass is 444 g/mol. The van der Waals surface area contributed by atoms with Crippen LogP contribution in [0.25, 0.3) is 0 Å². The van der Waals surface area contributed by atoms with Crippen molar-refractivity contribution in [1.82, 2.24) is 14.9 Å². The van der Waals surface area contributed by atoms with E-state index in [0.29, 0.717) is 28.0 Å². The van der Waals surface area contributed by atoms with E-state index in [4.69, 9.17) is 16.1 Å². The van der Waals surface area contributed by atoms with Crippen molar-refractivity contribution in [3.63, 3.8) is 0 Å². The molecule has 0 fully saturated rings. The Balaban J connectivity index is 1.52. The second-order valence-electron chi connectivity index (χ2n) is 9.22. The molecule has 0 radical (unpaired) electrons. The van der Waals surface area contributed by atoms with Crippen LogP contribution in [0.4, 0.5) is 10.2 Å². The van der Waals surface area contributed by atoms with Gasteiger partial charge < -0.3 is 9.84 Å². The third-order valence-electron chi connectivity index (χ3n) is 6.07. The lowest BCUT2D eigenvalue weighted by Gasteiger charge is -2.33. The number of amides is 1. The molecule has 164 valence electrons. The number of aryl methyl sites for hydroxylation is 2. The van der Waals surface area contributed by atoms with Crippen LogP contribution >= 0.6 is 11.6 Å². The predicted molar refractivity (Wildman–Crippen MR) is 117 cm³/mol. The van der Waals surface area contributed by atoms with Gasteiger partial charge in [-0.3, -0.25) is 9.48 Å². The second-order valence-corrected chi connectivity index (χ2v) is 9.63. The Hall–Kier alpha value is -2.67. The highest BCUT2D eigenvalue weighted by Crippen LogP contribution is 2.38. The van der Waals surface area contributed by atoms with Crippen LogP contribution in [-0.2, 0) is 19.4 Å². The molecule has 1 aromatic carbocycles. The molecule has 31 heavy (non-hydrogen) atoms. The fraction of sp³-hybridized carbons (Fsp3) is 0.435. The summed E-state index contributed by atoms with van der Waals surface area (Å²) in [5.74, 6) is 0.873. The number of nitrogens with one attached hydrogen (secondary N) is 1. The zero-order chi connectivity index (χ0) is 22.3. The van der Waals surface area contributed by atoms with Crippen LogP contribution < -0.4 is 5.32 Å². The molecular formula is C23H26ClFN4O2. The lowest BCUT2D eigenvalue weighted by molar-refractivity contribution is 0.101. The van der Waals surface area contributed by atoms with E-state index in [2.05, 4.69) is 36.3 Å². The van der Waals surface area contributed by atoms with E-state index >= 15 is 0 Å². The summed E-state index contributed by atoms with van der Waals surface area (Å²) in [4.78, 5) is 12.9. The molecule has 6 nitrogen and oxygen atoms in total. The molecule has 1 aliphatic rings. The zero-order valence-corrected chi connectivity index (χ0v) is 18.9. The second kappa shape index (κ2) is 8.11. The van der Waals surface area contributed by atoms with Gasteiger partial charge in [0.05, 0.1) is 6.54 Å². The van der Waals surface area contributed by atoms with E-state index in [1.807, 2.05) is 6.92 Å². The predicted octanol–water partition coefficient (Wildman–Crippen LogP) is 5.42. The maximum atomic E-state index is 14.1. The van der Waals surface area contributed by atoms with Crippen molar-refractivity contribution >= 4 is 23.3 Å². The minimum absolute atomic E-state index is 0.145. The Morgan fingerprint density at radius 2 is 2.16 bits per heavy atom. The smallest absolute Gasteiger partial charge is 0.279 e. The highest BCUT2D eigenvalue weighted by Gasteiger charge is 2.34. The first kappa shape index (κ1) is 21.6. The largest absolute Gasteiger partial charge is 0.360 e. The van der Waals surface area contributed by atoms with Crippen molar-refractivity contribution in [2.45, 2.75) is 53.5 Å². The molecule has 0 saturated heterocycles. The molecule has 2 heterocycles. The minimum Gasteiger partial charge on any atom is -0.360 e. The third-order valence-corrected chi connectivity index (χ3v) is 6.43. The molecule has 1 N–H and O–H groups in total. The highest BCUT2D eigenvalue weighted by atomic mass is 35.5. The van der Waals surface area contributed by atoms with E-state index in [-0.39, 0.29) is 17.9 Å². The van der Waals surface area contributed by atoms with Crippen LogP contribution in [0.5, 0.6) is 0 Å². The van der Waals surface area contributed by atoms with Gasteiger partial charge in [0.1, 0.15) is 11.6 Å². The molecule has 0 spiro atoms. The number of aromatic nitrogens is 3. The fourth-order valence-electron chi connectivity index (χ4n) is 4.06. The van der Waals surface area contributed by atoms with Crippen molar-refractivity contribution in [3.8, 4) is 0 Å². The van der Waals surface area contributed by atoms with Gasteiger partial charge in [0.25, 0.3) is 5.91 Å². The Kier molecular flexibility index (Phi) is 5.64. The molecule has 0 aliphatic heterocycles. The average molecular weight is 445 g/mol. The third kappa shape index (κ3) is 4.37. The van der Waals surface area contributed by atoms with E-state index < -0.39 is 5.82 Å². The number of carbonyl (C=O) groups excluding carboxylic acids is 1. The van der Waals surface area contributed by atoms with Crippen LogP contribution in [0, 0.1) is 24.1 Å². The van der Waals surface area contributed by atoms with Gasteiger partial charge in [0.15, 0.2) is 11.5 Å². The lowest BCUT2D eigenvalue weighted by atomic mass is 9.71. The first-order valence-electron chi connectivity index (χ1n) is 10.4. The van der Waals surface area contributed by atoms with Crippen LogP contribution in [0.15, 0.2) is 28.8 Å². The molecule has 1 atom stereocenters. The molecule has 8 heteroatoms. The quantitative estimate of drug-likeness (QED) is 0.582. The van der Waals surface area contributed by atoms with Gasteiger partial charge in [-0.05, 0) is 43.2 Å². The number of hydrogen-bond donors (Lipinski definition) is 1. The van der Waals surface area contributed by atoms with E-state index in [0.717, 1.165) is 36.3 Å². The summed E-state index contributed by atoms with van der Waals surface area (Å²) in [5, 5.41) is 11.6. The van der Waals surface area contributed by atoms with Gasteiger partial charge in [-0.25, -0.2) is 4.39 Å². The number of halogens is 2. The van der Waals surface area contributed by atoms with Crippen LogP contribution in [0.3, 0.4) is 0 Å². The van der Waals surface area contributed by atoms with Crippen molar-refractivity contribution in [2.75, 3.05) is 5.32 Å². The van der Waals surface area contributed by atoms with Gasteiger partial charge in [-0.1, -0.05) is 43.6 Å². The summed E-state index contributed by atoms with van der Waals surface area (Å²) in [6.45, 7) is 8.65. The van der Waals surface area contributed by atoms with Crippen LogP contribution in [0.2, 0.25) is 5.02 Å². The summed E-state index contributed by atoms with van der Waals surface area (Å²) in [5.41, 5.74) is 2.47. The molecule has 1 unspecified atom stereocenters. The topological polar surface area (TPSA) is 73.0 Å². The summed E-state index contributed by atoms with van der Waals surface area (Å²) < 4.78 is 21.2. The average Bonchev–Trinajstić information content (AvgIpc) is 3.26. The fourth-order valence-corrected chi connectivity index (χ4v) is 4.28. The lowest BCUT2D eigenvalue weighted by Crippen LogP contribution is -2.27. The van der Waals surface area contributed by atoms with Crippen molar-refractivity contribution in [3.05, 3.63) is 63.4 Å². The van der Waals surface area contributed by atoms with E-state index in [1.165, 1.54) is 6.07 Å². The number of anilines is 1. The van der Waals surface area contributed by atoms with Crippen molar-refractivity contribution in [1.29, 1.82) is 0 Å². The highest BCUT2D eigenvalue weighted by molar-refractivity contribution is 6.31. The van der Waals surface area contributed by atoms with E-state index in [1.54, 1.807) is 22.9 Å². The first-order chi connectivity index (χ1) is 14.6. The standard InChI is InChI=1S/C23H26ClFN4O2/c1-13-10-20(27-29(13)12-16-17(24)6-5-7-18(16)25)26-22(30)21-15-11-14(23(2,3)4)8-9-19(15)31-28-21/h5-7,10,14H,8-9,11-12H2,1-4H3,(H,26,27,30). The number of fused-ring (bicyclic) bond motifs is 1. The summed E-state index contributed by atoms with van der Waals surface area (Å²) in [7, 11) is 0. The number of rotatable bonds is 4. The maximum absolute atomic E-state index is 14.1. The van der Waals surface area contributed by atoms with Gasteiger partial charge in [-0.15, -0.1) is 0 Å². The Morgan fingerprint density at radius 3 is 2.87 bits per heavy atom. The Bertz CT molecular complexity index is 1110. The van der Waals surface area contributed by atoms with Crippen LogP contribution in [0.1, 0.15) is 60.3 Å². The van der Waals surface area contributed by atoms with Gasteiger partial charge in [-0.2, -0.15) is 5.10 Å². The van der Waals surface area contributed by atoms with Crippen LogP contribution in [-0.4, -0.2) is 20.8 Å². The normalized spacial score (nSPS) is 16.3. The molecule has 1 aliphatic carbocycles. The van der Waals surface area contributed by atoms with Gasteiger partial charge >= 0.3 is 0 Å². The van der Waals surface area contributed by atoms with E-state index in [9.17, 15) is 9.18 Å². The summed E-state index contributed by atoms with van der Waals surface area (Å²) in [6, 6.07) is 6.30. The molecule has 0 saturated carbocycles. The number of hydrogen-bond acceptors (Lipinski definition) is 4. The van der Waals surface area contributed by atoms with Crippen molar-refractivity contribution in [2.24, 2.45) is 11.3 Å². The molecule has 2 aromatic heterocycles. The molecule has 1 amide bonds. The Labute approximate surface area is 185 Å². The maximum Gasteiger partial charge on any atom is 0.279 e. The van der Waals surface area contributed by atoms with Gasteiger partial charge in [0.2, 0.25) is 0 Å². The number of benzene rings is 1. The number of carbonyl (C=O) groups is 1. The minimum atomic E-state index is -0.393. The number of nitrogens with zero attached hydrogens (tertiary/aromatic N) is 3. The van der Waals surface area contributed by atoms with Crippen molar-refractivity contribution < 1.29 is 13.7 Å². The summed E-state index contributed by atoms with van der Waals surface area (Å²) >= 11 is 6.13. The first-order valence-corrected chi connectivity index (χ1v) is 10.8. The zero-order valence-electron chi connectivity index (χ0n) is 18.1. The molecule has 4 rings (SSSR count). The summed E-state index contributed by atoms with van der Waals surface area (Å²) in [6.07, 6.45) is 2.58. The van der Waals surface area contributed by atoms with Gasteiger partial charge in [0, 0.05) is 34.3 Å². The molecular weight excluding hydrogens is 419 g/mol.